The molecular formula is C25H22N2O5S. The fraction of sp³-hybridized carbons (Fsp3) is 0.120. The standard InChI is InChI=1S/C25H22N2O5S/c1-27(2)33(30,31)19-14-12-18(13-15-19)25(29)32-16-22(28)23-20-10-6-7-11-21(20)26-24(23)17-8-4-3-5-9-17/h3-15,26H,16H2,1-2H3. The molecule has 4 rings (SSSR count). The van der Waals surface area contributed by atoms with Crippen molar-refractivity contribution < 1.29 is 22.7 Å². The summed E-state index contributed by atoms with van der Waals surface area (Å²) in [6.07, 6.45) is 0. The highest BCUT2D eigenvalue weighted by Gasteiger charge is 2.22. The third-order valence-corrected chi connectivity index (χ3v) is 7.08. The van der Waals surface area contributed by atoms with Gasteiger partial charge in [0.1, 0.15) is 0 Å². The highest BCUT2D eigenvalue weighted by Crippen LogP contribution is 2.30. The van der Waals surface area contributed by atoms with Crippen molar-refractivity contribution in [3.8, 4) is 11.3 Å². The molecule has 1 N–H and O–H groups in total. The van der Waals surface area contributed by atoms with E-state index < -0.39 is 22.6 Å². The first-order chi connectivity index (χ1) is 15.8. The molecule has 8 heteroatoms. The van der Waals surface area contributed by atoms with Gasteiger partial charge in [-0.2, -0.15) is 0 Å². The highest BCUT2D eigenvalue weighted by atomic mass is 32.2. The van der Waals surface area contributed by atoms with Crippen molar-refractivity contribution in [1.82, 2.24) is 9.29 Å². The number of fused-ring (bicyclic) bond motifs is 1. The SMILES string of the molecule is CN(C)S(=O)(=O)c1ccc(C(=O)OCC(=O)c2c(-c3ccccc3)[nH]c3ccccc23)cc1. The zero-order chi connectivity index (χ0) is 23.6. The number of benzene rings is 3. The minimum Gasteiger partial charge on any atom is -0.454 e. The fourth-order valence-electron chi connectivity index (χ4n) is 3.51. The second-order valence-electron chi connectivity index (χ2n) is 7.60. The Balaban J connectivity index is 1.56. The highest BCUT2D eigenvalue weighted by molar-refractivity contribution is 7.89. The Bertz CT molecular complexity index is 1420. The number of aromatic amines is 1. The van der Waals surface area contributed by atoms with E-state index >= 15 is 0 Å². The number of ketones is 1. The maximum Gasteiger partial charge on any atom is 0.338 e. The quantitative estimate of drug-likeness (QED) is 0.329. The Morgan fingerprint density at radius 2 is 1.52 bits per heavy atom. The second-order valence-corrected chi connectivity index (χ2v) is 9.75. The monoisotopic (exact) mass is 462 g/mol. The molecule has 0 atom stereocenters. The zero-order valence-electron chi connectivity index (χ0n) is 18.1. The third-order valence-electron chi connectivity index (χ3n) is 5.25. The summed E-state index contributed by atoms with van der Waals surface area (Å²) >= 11 is 0. The molecule has 3 aromatic carbocycles. The van der Waals surface area contributed by atoms with Crippen LogP contribution in [-0.4, -0.2) is 50.2 Å². The maximum atomic E-state index is 13.1. The van der Waals surface area contributed by atoms with Crippen LogP contribution in [0.1, 0.15) is 20.7 Å². The molecule has 0 aliphatic carbocycles. The average molecular weight is 463 g/mol. The molecule has 1 aromatic heterocycles. The van der Waals surface area contributed by atoms with E-state index in [2.05, 4.69) is 4.98 Å². The summed E-state index contributed by atoms with van der Waals surface area (Å²) in [6.45, 7) is -0.446. The molecule has 0 bridgehead atoms. The van der Waals surface area contributed by atoms with Crippen molar-refractivity contribution in [1.29, 1.82) is 0 Å². The van der Waals surface area contributed by atoms with Crippen LogP contribution in [0, 0.1) is 0 Å². The average Bonchev–Trinajstić information content (AvgIpc) is 3.22. The van der Waals surface area contributed by atoms with E-state index in [1.165, 1.54) is 38.4 Å². The Kier molecular flexibility index (Phi) is 6.13. The molecule has 0 amide bonds. The zero-order valence-corrected chi connectivity index (χ0v) is 18.9. The number of esters is 1. The molecule has 168 valence electrons. The molecule has 0 unspecified atom stereocenters. The molecule has 0 saturated heterocycles. The lowest BCUT2D eigenvalue weighted by Gasteiger charge is -2.11. The normalized spacial score (nSPS) is 11.6. The van der Waals surface area contributed by atoms with Gasteiger partial charge in [0.25, 0.3) is 0 Å². The molecule has 1 heterocycles. The summed E-state index contributed by atoms with van der Waals surface area (Å²) in [7, 11) is -0.747. The number of carbonyl (C=O) groups is 2. The van der Waals surface area contributed by atoms with E-state index in [4.69, 9.17) is 4.74 Å². The first-order valence-electron chi connectivity index (χ1n) is 10.2. The topological polar surface area (TPSA) is 96.5 Å². The number of rotatable bonds is 7. The number of sulfonamides is 1. The lowest BCUT2D eigenvalue weighted by atomic mass is 10.0. The summed E-state index contributed by atoms with van der Waals surface area (Å²) in [5.74, 6) is -1.05. The van der Waals surface area contributed by atoms with E-state index in [0.717, 1.165) is 20.8 Å². The first kappa shape index (κ1) is 22.4. The summed E-state index contributed by atoms with van der Waals surface area (Å²) in [5, 5.41) is 0.746. The van der Waals surface area contributed by atoms with Gasteiger partial charge < -0.3 is 9.72 Å². The number of carbonyl (C=O) groups excluding carboxylic acids is 2. The van der Waals surface area contributed by atoms with Crippen molar-refractivity contribution in [2.45, 2.75) is 4.90 Å². The number of hydrogen-bond acceptors (Lipinski definition) is 5. The van der Waals surface area contributed by atoms with Crippen molar-refractivity contribution in [3.05, 3.63) is 90.0 Å². The van der Waals surface area contributed by atoms with Gasteiger partial charge in [0.2, 0.25) is 15.8 Å². The van der Waals surface area contributed by atoms with Gasteiger partial charge in [0, 0.05) is 25.0 Å². The van der Waals surface area contributed by atoms with Crippen LogP contribution in [0.5, 0.6) is 0 Å². The summed E-state index contributed by atoms with van der Waals surface area (Å²) in [6, 6.07) is 22.3. The van der Waals surface area contributed by atoms with E-state index in [-0.39, 0.29) is 16.2 Å². The summed E-state index contributed by atoms with van der Waals surface area (Å²) < 4.78 is 30.7. The van der Waals surface area contributed by atoms with E-state index in [0.29, 0.717) is 11.3 Å². The molecule has 4 aromatic rings. The Morgan fingerprint density at radius 1 is 0.879 bits per heavy atom. The predicted octanol–water partition coefficient (Wildman–Crippen LogP) is 4.12. The molecule has 33 heavy (non-hydrogen) atoms. The van der Waals surface area contributed by atoms with Gasteiger partial charge in [-0.05, 0) is 35.9 Å². The van der Waals surface area contributed by atoms with Gasteiger partial charge in [-0.1, -0.05) is 48.5 Å². The number of aromatic nitrogens is 1. The van der Waals surface area contributed by atoms with Crippen LogP contribution in [0.2, 0.25) is 0 Å². The minimum absolute atomic E-state index is 0.0615. The van der Waals surface area contributed by atoms with Crippen molar-refractivity contribution in [3.63, 3.8) is 0 Å². The van der Waals surface area contributed by atoms with Crippen LogP contribution < -0.4 is 0 Å². The smallest absolute Gasteiger partial charge is 0.338 e. The Morgan fingerprint density at radius 3 is 2.18 bits per heavy atom. The van der Waals surface area contributed by atoms with Gasteiger partial charge >= 0.3 is 5.97 Å². The molecule has 0 spiro atoms. The predicted molar refractivity (Wildman–Crippen MR) is 126 cm³/mol. The number of para-hydroxylation sites is 1. The lowest BCUT2D eigenvalue weighted by Crippen LogP contribution is -2.22. The van der Waals surface area contributed by atoms with Crippen LogP contribution in [0.3, 0.4) is 0 Å². The van der Waals surface area contributed by atoms with Gasteiger partial charge in [-0.25, -0.2) is 17.5 Å². The molecular weight excluding hydrogens is 440 g/mol. The van der Waals surface area contributed by atoms with Crippen LogP contribution in [0.25, 0.3) is 22.2 Å². The van der Waals surface area contributed by atoms with E-state index in [1.54, 1.807) is 0 Å². The van der Waals surface area contributed by atoms with Gasteiger partial charge in [-0.15, -0.1) is 0 Å². The van der Waals surface area contributed by atoms with Crippen molar-refractivity contribution in [2.75, 3.05) is 20.7 Å². The number of ether oxygens (including phenoxy) is 1. The van der Waals surface area contributed by atoms with E-state index in [9.17, 15) is 18.0 Å². The molecule has 0 saturated carbocycles. The van der Waals surface area contributed by atoms with Gasteiger partial charge in [0.15, 0.2) is 6.61 Å². The fourth-order valence-corrected chi connectivity index (χ4v) is 4.41. The van der Waals surface area contributed by atoms with Crippen LogP contribution in [0.4, 0.5) is 0 Å². The van der Waals surface area contributed by atoms with Gasteiger partial charge in [0.05, 0.1) is 21.7 Å². The number of H-pyrrole nitrogens is 1. The largest absolute Gasteiger partial charge is 0.454 e. The van der Waals surface area contributed by atoms with Crippen LogP contribution in [0.15, 0.2) is 83.8 Å². The Hall–Kier alpha value is -3.75. The minimum atomic E-state index is -3.60. The number of Topliss-reactive ketones (excluding diaryl/α,β-unsaturated/α-hetero) is 1. The van der Waals surface area contributed by atoms with Crippen LogP contribution in [-0.2, 0) is 14.8 Å². The molecule has 0 aliphatic heterocycles. The number of nitrogens with zero attached hydrogens (tertiary/aromatic N) is 1. The maximum absolute atomic E-state index is 13.1. The lowest BCUT2D eigenvalue weighted by molar-refractivity contribution is 0.0475. The number of nitrogens with one attached hydrogen (secondary N) is 1. The summed E-state index contributed by atoms with van der Waals surface area (Å²) in [5.41, 5.74) is 2.93. The number of hydrogen-bond donors (Lipinski definition) is 1. The first-order valence-corrected chi connectivity index (χ1v) is 11.6. The van der Waals surface area contributed by atoms with Gasteiger partial charge in [-0.3, -0.25) is 4.79 Å². The second kappa shape index (κ2) is 9.01. The molecule has 0 aliphatic rings. The molecule has 0 fully saturated rings. The van der Waals surface area contributed by atoms with Crippen molar-refractivity contribution in [2.24, 2.45) is 0 Å². The van der Waals surface area contributed by atoms with E-state index in [1.807, 2.05) is 54.6 Å². The van der Waals surface area contributed by atoms with Crippen LogP contribution >= 0.6 is 0 Å². The summed E-state index contributed by atoms with van der Waals surface area (Å²) in [4.78, 5) is 29.0. The molecule has 0 radical (unpaired) electrons. The Labute approximate surface area is 191 Å². The molecule has 7 nitrogen and oxygen atoms in total. The van der Waals surface area contributed by atoms with Crippen molar-refractivity contribution >= 4 is 32.7 Å². The third kappa shape index (κ3) is 4.44.